The van der Waals surface area contributed by atoms with E-state index in [0.29, 0.717) is 18.3 Å². The number of nitrogens with one attached hydrogen (secondary N) is 2. The van der Waals surface area contributed by atoms with Gasteiger partial charge in [-0.3, -0.25) is 4.79 Å². The molecule has 0 saturated heterocycles. The van der Waals surface area contributed by atoms with Gasteiger partial charge in [0.2, 0.25) is 0 Å². The van der Waals surface area contributed by atoms with Gasteiger partial charge in [-0.05, 0) is 52.4 Å². The number of nitrogens with zero attached hydrogens (tertiary/aromatic N) is 2. The van der Waals surface area contributed by atoms with E-state index in [4.69, 9.17) is 0 Å². The van der Waals surface area contributed by atoms with Crippen molar-refractivity contribution in [1.29, 1.82) is 0 Å². The molecule has 0 atom stereocenters. The number of pyridine rings is 1. The molecule has 1 amide bonds. The number of carbonyl (C=O) groups is 1. The van der Waals surface area contributed by atoms with Gasteiger partial charge in [-0.25, -0.2) is 4.98 Å². The smallest absolute Gasteiger partial charge is 0.269 e. The van der Waals surface area contributed by atoms with Crippen molar-refractivity contribution in [3.05, 3.63) is 23.9 Å². The number of hydrogen-bond acceptors (Lipinski definition) is 4. The normalized spacial score (nSPS) is 11.0. The van der Waals surface area contributed by atoms with Crippen LogP contribution in [0.25, 0.3) is 0 Å². The van der Waals surface area contributed by atoms with Gasteiger partial charge in [0.05, 0.1) is 0 Å². The minimum Gasteiger partial charge on any atom is -0.370 e. The molecule has 0 unspecified atom stereocenters. The van der Waals surface area contributed by atoms with E-state index in [1.165, 1.54) is 0 Å². The van der Waals surface area contributed by atoms with Crippen molar-refractivity contribution in [2.24, 2.45) is 0 Å². The van der Waals surface area contributed by atoms with Gasteiger partial charge in [-0.1, -0.05) is 13.0 Å². The maximum atomic E-state index is 12.0. The Morgan fingerprint density at radius 1 is 1.33 bits per heavy atom. The molecule has 0 spiro atoms. The number of rotatable bonds is 9. The maximum Gasteiger partial charge on any atom is 0.269 e. The third-order valence-corrected chi connectivity index (χ3v) is 3.39. The van der Waals surface area contributed by atoms with Crippen LogP contribution in [-0.4, -0.2) is 48.5 Å². The summed E-state index contributed by atoms with van der Waals surface area (Å²) in [6.45, 7) is 8.93. The topological polar surface area (TPSA) is 57.3 Å². The summed E-state index contributed by atoms with van der Waals surface area (Å²) in [5.74, 6) is 0.645. The van der Waals surface area contributed by atoms with E-state index in [2.05, 4.69) is 48.3 Å². The van der Waals surface area contributed by atoms with Crippen LogP contribution in [0, 0.1) is 0 Å². The molecule has 2 N–H and O–H groups in total. The number of aromatic nitrogens is 1. The largest absolute Gasteiger partial charge is 0.370 e. The van der Waals surface area contributed by atoms with Crippen LogP contribution in [0.1, 0.15) is 44.1 Å². The van der Waals surface area contributed by atoms with Crippen molar-refractivity contribution in [3.8, 4) is 0 Å². The molecule has 0 fully saturated rings. The molecule has 0 saturated carbocycles. The van der Waals surface area contributed by atoms with Crippen molar-refractivity contribution < 1.29 is 4.79 Å². The first-order chi connectivity index (χ1) is 10.0. The van der Waals surface area contributed by atoms with Crippen LogP contribution in [0.3, 0.4) is 0 Å². The summed E-state index contributed by atoms with van der Waals surface area (Å²) < 4.78 is 0. The van der Waals surface area contributed by atoms with Gasteiger partial charge in [0.25, 0.3) is 5.91 Å². The highest BCUT2D eigenvalue weighted by Crippen LogP contribution is 2.05. The third-order valence-electron chi connectivity index (χ3n) is 3.39. The highest BCUT2D eigenvalue weighted by Gasteiger charge is 2.08. The quantitative estimate of drug-likeness (QED) is 0.686. The zero-order valence-corrected chi connectivity index (χ0v) is 13.6. The molecule has 1 aromatic rings. The van der Waals surface area contributed by atoms with Gasteiger partial charge in [0, 0.05) is 19.1 Å². The lowest BCUT2D eigenvalue weighted by atomic mass is 10.3. The highest BCUT2D eigenvalue weighted by molar-refractivity contribution is 5.92. The first-order valence-corrected chi connectivity index (χ1v) is 7.74. The Labute approximate surface area is 128 Å². The van der Waals surface area contributed by atoms with Crippen LogP contribution in [0.5, 0.6) is 0 Å². The molecule has 0 aromatic carbocycles. The summed E-state index contributed by atoms with van der Waals surface area (Å²) in [4.78, 5) is 18.6. The first kappa shape index (κ1) is 17.4. The molecule has 1 aromatic heterocycles. The van der Waals surface area contributed by atoms with Crippen LogP contribution in [-0.2, 0) is 0 Å². The Kier molecular flexibility index (Phi) is 7.75. The Morgan fingerprint density at radius 2 is 2.10 bits per heavy atom. The number of anilines is 1. The number of carbonyl (C=O) groups excluding carboxylic acids is 1. The number of hydrogen-bond donors (Lipinski definition) is 2. The van der Waals surface area contributed by atoms with Crippen molar-refractivity contribution in [1.82, 2.24) is 15.2 Å². The predicted octanol–water partition coefficient (Wildman–Crippen LogP) is 2.36. The third kappa shape index (κ3) is 6.58. The Morgan fingerprint density at radius 3 is 2.76 bits per heavy atom. The minimum absolute atomic E-state index is 0.109. The van der Waals surface area contributed by atoms with Gasteiger partial charge in [0.1, 0.15) is 11.5 Å². The van der Waals surface area contributed by atoms with Crippen molar-refractivity contribution in [2.45, 2.75) is 39.7 Å². The summed E-state index contributed by atoms with van der Waals surface area (Å²) >= 11 is 0. The Hall–Kier alpha value is -1.62. The van der Waals surface area contributed by atoms with Crippen molar-refractivity contribution in [3.63, 3.8) is 0 Å². The maximum absolute atomic E-state index is 12.0. The molecule has 118 valence electrons. The molecule has 0 radical (unpaired) electrons. The second-order valence-electron chi connectivity index (χ2n) is 5.52. The van der Waals surface area contributed by atoms with Gasteiger partial charge in [-0.15, -0.1) is 0 Å². The molecular weight excluding hydrogens is 264 g/mol. The SMILES string of the molecule is CCCNc1cccc(C(=O)NCCCN(C)C(C)C)n1. The molecule has 1 heterocycles. The predicted molar refractivity (Wildman–Crippen MR) is 87.7 cm³/mol. The van der Waals surface area contributed by atoms with Gasteiger partial charge in [-0.2, -0.15) is 0 Å². The molecule has 0 aliphatic rings. The Balaban J connectivity index is 2.38. The zero-order chi connectivity index (χ0) is 15.7. The van der Waals surface area contributed by atoms with Crippen molar-refractivity contribution in [2.75, 3.05) is 32.0 Å². The summed E-state index contributed by atoms with van der Waals surface area (Å²) in [6, 6.07) is 6.01. The fourth-order valence-corrected chi connectivity index (χ4v) is 1.79. The molecule has 21 heavy (non-hydrogen) atoms. The van der Waals surface area contributed by atoms with E-state index in [1.807, 2.05) is 12.1 Å². The van der Waals surface area contributed by atoms with Gasteiger partial charge >= 0.3 is 0 Å². The van der Waals surface area contributed by atoms with Crippen LogP contribution in [0.15, 0.2) is 18.2 Å². The molecule has 5 nitrogen and oxygen atoms in total. The molecule has 1 rings (SSSR count). The fraction of sp³-hybridized carbons (Fsp3) is 0.625. The average Bonchev–Trinajstić information content (AvgIpc) is 2.49. The highest BCUT2D eigenvalue weighted by atomic mass is 16.1. The number of amides is 1. The van der Waals surface area contributed by atoms with Gasteiger partial charge in [0.15, 0.2) is 0 Å². The Bertz CT molecular complexity index is 434. The average molecular weight is 292 g/mol. The van der Waals surface area contributed by atoms with Crippen LogP contribution in [0.4, 0.5) is 5.82 Å². The summed E-state index contributed by atoms with van der Waals surface area (Å²) in [5.41, 5.74) is 0.466. The lowest BCUT2D eigenvalue weighted by Crippen LogP contribution is -2.31. The second-order valence-corrected chi connectivity index (χ2v) is 5.52. The molecule has 5 heteroatoms. The van der Waals surface area contributed by atoms with E-state index in [-0.39, 0.29) is 5.91 Å². The van der Waals surface area contributed by atoms with Crippen LogP contribution in [0.2, 0.25) is 0 Å². The lowest BCUT2D eigenvalue weighted by molar-refractivity contribution is 0.0947. The fourth-order valence-electron chi connectivity index (χ4n) is 1.79. The minimum atomic E-state index is -0.109. The molecule has 0 bridgehead atoms. The van der Waals surface area contributed by atoms with E-state index < -0.39 is 0 Å². The lowest BCUT2D eigenvalue weighted by Gasteiger charge is -2.20. The second kappa shape index (κ2) is 9.34. The summed E-state index contributed by atoms with van der Waals surface area (Å²) in [7, 11) is 2.09. The van der Waals surface area contributed by atoms with E-state index in [9.17, 15) is 4.79 Å². The van der Waals surface area contributed by atoms with Crippen molar-refractivity contribution >= 4 is 11.7 Å². The molecule has 0 aliphatic heterocycles. The van der Waals surface area contributed by atoms with Gasteiger partial charge < -0.3 is 15.5 Å². The molecular formula is C16H28N4O. The monoisotopic (exact) mass is 292 g/mol. The van der Waals surface area contributed by atoms with E-state index >= 15 is 0 Å². The van der Waals surface area contributed by atoms with E-state index in [0.717, 1.165) is 31.7 Å². The van der Waals surface area contributed by atoms with Crippen LogP contribution >= 0.6 is 0 Å². The zero-order valence-electron chi connectivity index (χ0n) is 13.6. The van der Waals surface area contributed by atoms with E-state index in [1.54, 1.807) is 6.07 Å². The molecule has 0 aliphatic carbocycles. The summed E-state index contributed by atoms with van der Waals surface area (Å²) in [5, 5.41) is 6.11. The first-order valence-electron chi connectivity index (χ1n) is 7.74. The standard InChI is InChI=1S/C16H28N4O/c1-5-10-17-15-9-6-8-14(19-15)16(21)18-11-7-12-20(4)13(2)3/h6,8-9,13H,5,7,10-12H2,1-4H3,(H,17,19)(H,18,21). The van der Waals surface area contributed by atoms with Crippen LogP contribution < -0.4 is 10.6 Å². The summed E-state index contributed by atoms with van der Waals surface area (Å²) in [6.07, 6.45) is 1.97.